The van der Waals surface area contributed by atoms with E-state index in [0.29, 0.717) is 12.8 Å². The first-order chi connectivity index (χ1) is 9.56. The molecule has 0 aliphatic rings. The van der Waals surface area contributed by atoms with Gasteiger partial charge < -0.3 is 15.2 Å². The summed E-state index contributed by atoms with van der Waals surface area (Å²) >= 11 is 0. The average Bonchev–Trinajstić information content (AvgIpc) is 2.41. The van der Waals surface area contributed by atoms with Gasteiger partial charge in [-0.05, 0) is 31.0 Å². The minimum absolute atomic E-state index is 0.163. The Hall–Kier alpha value is -2.04. The molecule has 0 aliphatic carbocycles. The second-order valence-electron chi connectivity index (χ2n) is 4.49. The molecular weight excluding hydrogens is 258 g/mol. The second kappa shape index (κ2) is 8.19. The van der Waals surface area contributed by atoms with Crippen LogP contribution in [0.1, 0.15) is 32.3 Å². The molecule has 0 spiro atoms. The summed E-state index contributed by atoms with van der Waals surface area (Å²) in [6.07, 6.45) is 1.45. The highest BCUT2D eigenvalue weighted by Gasteiger charge is 2.22. The van der Waals surface area contributed by atoms with Crippen LogP contribution in [-0.4, -0.2) is 29.6 Å². The van der Waals surface area contributed by atoms with Gasteiger partial charge >= 0.3 is 5.97 Å². The van der Waals surface area contributed by atoms with Crippen LogP contribution in [0, 0.1) is 0 Å². The van der Waals surface area contributed by atoms with Crippen molar-refractivity contribution in [3.05, 3.63) is 29.8 Å². The third-order valence-electron chi connectivity index (χ3n) is 2.76. The Morgan fingerprint density at radius 3 is 2.45 bits per heavy atom. The highest BCUT2D eigenvalue weighted by molar-refractivity contribution is 5.84. The summed E-state index contributed by atoms with van der Waals surface area (Å²) in [5.41, 5.74) is 0.845. The SMILES string of the molecule is CCCC(=O)N[C@@H](Cc1ccc(O)cc1)C(=O)OCC. The molecule has 1 aromatic rings. The van der Waals surface area contributed by atoms with Gasteiger partial charge in [0.05, 0.1) is 6.61 Å². The molecule has 1 atom stereocenters. The lowest BCUT2D eigenvalue weighted by Crippen LogP contribution is -2.43. The van der Waals surface area contributed by atoms with Crippen molar-refractivity contribution in [2.24, 2.45) is 0 Å². The number of phenols is 1. The van der Waals surface area contributed by atoms with Crippen LogP contribution in [0.5, 0.6) is 5.75 Å². The molecule has 110 valence electrons. The van der Waals surface area contributed by atoms with E-state index in [9.17, 15) is 14.7 Å². The van der Waals surface area contributed by atoms with Crippen molar-refractivity contribution < 1.29 is 19.4 Å². The van der Waals surface area contributed by atoms with Gasteiger partial charge in [0.15, 0.2) is 0 Å². The Balaban J connectivity index is 2.73. The molecule has 1 amide bonds. The normalized spacial score (nSPS) is 11.7. The van der Waals surface area contributed by atoms with Crippen LogP contribution in [0.4, 0.5) is 0 Å². The summed E-state index contributed by atoms with van der Waals surface area (Å²) in [4.78, 5) is 23.5. The van der Waals surface area contributed by atoms with Crippen LogP contribution in [-0.2, 0) is 20.7 Å². The van der Waals surface area contributed by atoms with E-state index in [1.54, 1.807) is 31.2 Å². The molecule has 0 bridgehead atoms. The summed E-state index contributed by atoms with van der Waals surface area (Å²) in [6.45, 7) is 3.90. The van der Waals surface area contributed by atoms with Crippen molar-refractivity contribution in [1.29, 1.82) is 0 Å². The highest BCUT2D eigenvalue weighted by atomic mass is 16.5. The molecule has 0 heterocycles. The van der Waals surface area contributed by atoms with E-state index in [4.69, 9.17) is 4.74 Å². The first-order valence-corrected chi connectivity index (χ1v) is 6.80. The Bertz CT molecular complexity index is 442. The van der Waals surface area contributed by atoms with E-state index in [2.05, 4.69) is 5.32 Å². The Morgan fingerprint density at radius 1 is 1.25 bits per heavy atom. The molecule has 5 nitrogen and oxygen atoms in total. The molecule has 0 fully saturated rings. The largest absolute Gasteiger partial charge is 0.508 e. The van der Waals surface area contributed by atoms with E-state index in [1.807, 2.05) is 6.92 Å². The fourth-order valence-corrected chi connectivity index (χ4v) is 1.80. The maximum atomic E-state index is 11.9. The Labute approximate surface area is 118 Å². The fourth-order valence-electron chi connectivity index (χ4n) is 1.80. The molecular formula is C15H21NO4. The number of ether oxygens (including phenoxy) is 1. The summed E-state index contributed by atoms with van der Waals surface area (Å²) in [7, 11) is 0. The van der Waals surface area contributed by atoms with Gasteiger partial charge in [-0.2, -0.15) is 0 Å². The minimum Gasteiger partial charge on any atom is -0.508 e. The molecule has 0 saturated carbocycles. The third-order valence-corrected chi connectivity index (χ3v) is 2.76. The van der Waals surface area contributed by atoms with Gasteiger partial charge in [0, 0.05) is 12.8 Å². The number of phenolic OH excluding ortho intramolecular Hbond substituents is 1. The fraction of sp³-hybridized carbons (Fsp3) is 0.467. The van der Waals surface area contributed by atoms with E-state index < -0.39 is 12.0 Å². The number of esters is 1. The number of nitrogens with one attached hydrogen (secondary N) is 1. The second-order valence-corrected chi connectivity index (χ2v) is 4.49. The lowest BCUT2D eigenvalue weighted by atomic mass is 10.1. The number of benzene rings is 1. The van der Waals surface area contributed by atoms with Crippen LogP contribution in [0.25, 0.3) is 0 Å². The van der Waals surface area contributed by atoms with Gasteiger partial charge in [0.25, 0.3) is 0 Å². The lowest BCUT2D eigenvalue weighted by molar-refractivity contribution is -0.147. The van der Waals surface area contributed by atoms with Crippen LogP contribution in [0.3, 0.4) is 0 Å². The van der Waals surface area contributed by atoms with Gasteiger partial charge in [-0.15, -0.1) is 0 Å². The van der Waals surface area contributed by atoms with E-state index >= 15 is 0 Å². The Morgan fingerprint density at radius 2 is 1.90 bits per heavy atom. The predicted octanol–water partition coefficient (Wildman–Crippen LogP) is 1.78. The topological polar surface area (TPSA) is 75.6 Å². The zero-order valence-electron chi connectivity index (χ0n) is 11.9. The van der Waals surface area contributed by atoms with Gasteiger partial charge in [-0.3, -0.25) is 4.79 Å². The molecule has 0 saturated heterocycles. The number of rotatable bonds is 7. The molecule has 1 rings (SSSR count). The number of aromatic hydroxyl groups is 1. The monoisotopic (exact) mass is 279 g/mol. The lowest BCUT2D eigenvalue weighted by Gasteiger charge is -2.17. The van der Waals surface area contributed by atoms with Crippen LogP contribution in [0.2, 0.25) is 0 Å². The molecule has 0 radical (unpaired) electrons. The quantitative estimate of drug-likeness (QED) is 0.746. The molecule has 20 heavy (non-hydrogen) atoms. The van der Waals surface area contributed by atoms with Crippen molar-refractivity contribution in [3.8, 4) is 5.75 Å². The third kappa shape index (κ3) is 5.30. The predicted molar refractivity (Wildman–Crippen MR) is 75.3 cm³/mol. The maximum Gasteiger partial charge on any atom is 0.328 e. The highest BCUT2D eigenvalue weighted by Crippen LogP contribution is 2.12. The average molecular weight is 279 g/mol. The number of hydrogen-bond acceptors (Lipinski definition) is 4. The number of hydrogen-bond donors (Lipinski definition) is 2. The summed E-state index contributed by atoms with van der Waals surface area (Å²) in [5, 5.41) is 11.9. The molecule has 5 heteroatoms. The van der Waals surface area contributed by atoms with Crippen molar-refractivity contribution in [1.82, 2.24) is 5.32 Å². The first kappa shape index (κ1) is 16.0. The minimum atomic E-state index is -0.696. The van der Waals surface area contributed by atoms with Crippen LogP contribution < -0.4 is 5.32 Å². The number of carbonyl (C=O) groups is 2. The first-order valence-electron chi connectivity index (χ1n) is 6.80. The number of carbonyl (C=O) groups excluding carboxylic acids is 2. The summed E-state index contributed by atoms with van der Waals surface area (Å²) in [6, 6.07) is 5.83. The molecule has 1 aromatic carbocycles. The molecule has 0 aliphatic heterocycles. The van der Waals surface area contributed by atoms with Crippen LogP contribution >= 0.6 is 0 Å². The zero-order valence-corrected chi connectivity index (χ0v) is 11.9. The maximum absolute atomic E-state index is 11.9. The summed E-state index contributed by atoms with van der Waals surface area (Å²) in [5.74, 6) is -0.439. The molecule has 0 unspecified atom stereocenters. The van der Waals surface area contributed by atoms with Crippen molar-refractivity contribution in [3.63, 3.8) is 0 Å². The Kier molecular flexibility index (Phi) is 6.56. The van der Waals surface area contributed by atoms with Crippen LogP contribution in [0.15, 0.2) is 24.3 Å². The molecule has 2 N–H and O–H groups in total. The van der Waals surface area contributed by atoms with Gasteiger partial charge in [0.1, 0.15) is 11.8 Å². The van der Waals surface area contributed by atoms with Crippen molar-refractivity contribution in [2.75, 3.05) is 6.61 Å². The smallest absolute Gasteiger partial charge is 0.328 e. The van der Waals surface area contributed by atoms with Crippen molar-refractivity contribution >= 4 is 11.9 Å². The zero-order chi connectivity index (χ0) is 15.0. The van der Waals surface area contributed by atoms with E-state index in [-0.39, 0.29) is 18.3 Å². The van der Waals surface area contributed by atoms with E-state index in [1.165, 1.54) is 0 Å². The summed E-state index contributed by atoms with van der Waals surface area (Å²) < 4.78 is 4.98. The van der Waals surface area contributed by atoms with Gasteiger partial charge in [-0.1, -0.05) is 19.1 Å². The molecule has 0 aromatic heterocycles. The van der Waals surface area contributed by atoms with E-state index in [0.717, 1.165) is 12.0 Å². The van der Waals surface area contributed by atoms with Gasteiger partial charge in [0.2, 0.25) is 5.91 Å². The standard InChI is InChI=1S/C15H21NO4/c1-3-5-14(18)16-13(15(19)20-4-2)10-11-6-8-12(17)9-7-11/h6-9,13,17H,3-5,10H2,1-2H3,(H,16,18)/t13-/m0/s1. The number of amides is 1. The van der Waals surface area contributed by atoms with Crippen molar-refractivity contribution in [2.45, 2.75) is 39.2 Å². The van der Waals surface area contributed by atoms with Gasteiger partial charge in [-0.25, -0.2) is 4.79 Å².